The third-order valence-electron chi connectivity index (χ3n) is 3.67. The summed E-state index contributed by atoms with van der Waals surface area (Å²) < 4.78 is 10.8. The van der Waals surface area contributed by atoms with Gasteiger partial charge in [-0.05, 0) is 56.2 Å². The topological polar surface area (TPSA) is 84.9 Å². The van der Waals surface area contributed by atoms with Crippen molar-refractivity contribution in [3.63, 3.8) is 0 Å². The summed E-state index contributed by atoms with van der Waals surface area (Å²) in [6.45, 7) is 5.54. The second-order valence-electron chi connectivity index (χ2n) is 7.30. The fourth-order valence-corrected chi connectivity index (χ4v) is 2.48. The maximum Gasteiger partial charge on any atom is 0.408 e. The molecule has 0 saturated heterocycles. The number of carbonyl (C=O) groups is 2. The quantitative estimate of drug-likeness (QED) is 0.711. The van der Waals surface area contributed by atoms with Gasteiger partial charge in [-0.25, -0.2) is 9.59 Å². The van der Waals surface area contributed by atoms with Crippen molar-refractivity contribution in [2.75, 3.05) is 0 Å². The van der Waals surface area contributed by atoms with Crippen molar-refractivity contribution in [2.45, 2.75) is 45.4 Å². The standard InChI is InChI=1S/C21H24ClNO5/c1-21(2,3)28-20(26)23-18(19(24)25)12-14-6-10-17(11-7-14)27-13-15-4-8-16(22)9-5-15/h4-11,18H,12-13H2,1-3H3,(H,23,26)(H,24,25)/t18-/m0/s1. The molecule has 6 nitrogen and oxygen atoms in total. The van der Waals surface area contributed by atoms with Crippen LogP contribution in [0.15, 0.2) is 48.5 Å². The molecule has 0 spiro atoms. The Morgan fingerprint density at radius 2 is 1.61 bits per heavy atom. The second-order valence-corrected chi connectivity index (χ2v) is 7.74. The number of ether oxygens (including phenoxy) is 2. The lowest BCUT2D eigenvalue weighted by Gasteiger charge is -2.22. The average molecular weight is 406 g/mol. The van der Waals surface area contributed by atoms with E-state index in [1.54, 1.807) is 57.2 Å². The number of amides is 1. The Hall–Kier alpha value is -2.73. The highest BCUT2D eigenvalue weighted by Gasteiger charge is 2.24. The van der Waals surface area contributed by atoms with E-state index in [1.165, 1.54) is 0 Å². The van der Waals surface area contributed by atoms with E-state index < -0.39 is 23.7 Å². The van der Waals surface area contributed by atoms with Crippen LogP contribution in [0.25, 0.3) is 0 Å². The van der Waals surface area contributed by atoms with Crippen LogP contribution in [-0.2, 0) is 22.6 Å². The molecule has 7 heteroatoms. The number of benzene rings is 2. The number of hydrogen-bond acceptors (Lipinski definition) is 4. The minimum absolute atomic E-state index is 0.131. The summed E-state index contributed by atoms with van der Waals surface area (Å²) in [6, 6.07) is 13.3. The van der Waals surface area contributed by atoms with Gasteiger partial charge >= 0.3 is 12.1 Å². The molecule has 0 aliphatic carbocycles. The molecule has 2 aromatic rings. The SMILES string of the molecule is CC(C)(C)OC(=O)N[C@@H](Cc1ccc(OCc2ccc(Cl)cc2)cc1)C(=O)O. The molecule has 1 amide bonds. The molecule has 1 atom stereocenters. The first-order chi connectivity index (χ1) is 13.1. The van der Waals surface area contributed by atoms with Crippen molar-refractivity contribution in [3.8, 4) is 5.75 Å². The van der Waals surface area contributed by atoms with Crippen LogP contribution in [0.5, 0.6) is 5.75 Å². The molecule has 0 aliphatic rings. The zero-order chi connectivity index (χ0) is 20.7. The Labute approximate surface area is 169 Å². The highest BCUT2D eigenvalue weighted by atomic mass is 35.5. The first kappa shape index (κ1) is 21.6. The molecule has 0 fully saturated rings. The van der Waals surface area contributed by atoms with Crippen LogP contribution < -0.4 is 10.1 Å². The fourth-order valence-electron chi connectivity index (χ4n) is 2.35. The molecular formula is C21H24ClNO5. The van der Waals surface area contributed by atoms with Crippen molar-refractivity contribution in [1.29, 1.82) is 0 Å². The molecule has 0 aliphatic heterocycles. The molecule has 0 aromatic heterocycles. The number of rotatable bonds is 7. The summed E-state index contributed by atoms with van der Waals surface area (Å²) in [6.07, 6.45) is -0.630. The van der Waals surface area contributed by atoms with Crippen LogP contribution in [0.2, 0.25) is 5.02 Å². The highest BCUT2D eigenvalue weighted by Crippen LogP contribution is 2.17. The number of nitrogens with one attached hydrogen (secondary N) is 1. The number of carbonyl (C=O) groups excluding carboxylic acids is 1. The van der Waals surface area contributed by atoms with Gasteiger partial charge in [0.25, 0.3) is 0 Å². The summed E-state index contributed by atoms with van der Waals surface area (Å²) >= 11 is 5.86. The van der Waals surface area contributed by atoms with Crippen molar-refractivity contribution in [2.24, 2.45) is 0 Å². The molecule has 0 bridgehead atoms. The first-order valence-electron chi connectivity index (χ1n) is 8.81. The largest absolute Gasteiger partial charge is 0.489 e. The van der Waals surface area contributed by atoms with Gasteiger partial charge in [-0.3, -0.25) is 0 Å². The molecule has 2 aromatic carbocycles. The Bertz CT molecular complexity index is 797. The van der Waals surface area contributed by atoms with Gasteiger partial charge in [0, 0.05) is 11.4 Å². The molecule has 2 rings (SSSR count). The lowest BCUT2D eigenvalue weighted by molar-refractivity contribution is -0.139. The maximum absolute atomic E-state index is 11.8. The van der Waals surface area contributed by atoms with E-state index in [0.717, 1.165) is 11.1 Å². The number of carboxylic acid groups (broad SMARTS) is 1. The average Bonchev–Trinajstić information content (AvgIpc) is 2.60. The van der Waals surface area contributed by atoms with Crippen LogP contribution in [0.4, 0.5) is 4.79 Å². The molecule has 0 unspecified atom stereocenters. The molecule has 0 saturated carbocycles. The zero-order valence-electron chi connectivity index (χ0n) is 16.1. The second kappa shape index (κ2) is 9.46. The van der Waals surface area contributed by atoms with Gasteiger partial charge in [-0.2, -0.15) is 0 Å². The van der Waals surface area contributed by atoms with Crippen molar-refractivity contribution >= 4 is 23.7 Å². The van der Waals surface area contributed by atoms with Gasteiger partial charge in [0.2, 0.25) is 0 Å². The van der Waals surface area contributed by atoms with Gasteiger partial charge in [0.15, 0.2) is 0 Å². The number of alkyl carbamates (subject to hydrolysis) is 1. The van der Waals surface area contributed by atoms with Crippen LogP contribution in [-0.4, -0.2) is 28.8 Å². The van der Waals surface area contributed by atoms with E-state index in [-0.39, 0.29) is 6.42 Å². The highest BCUT2D eigenvalue weighted by molar-refractivity contribution is 6.30. The monoisotopic (exact) mass is 405 g/mol. The van der Waals surface area contributed by atoms with Crippen molar-refractivity contribution in [1.82, 2.24) is 5.32 Å². The predicted molar refractivity (Wildman–Crippen MR) is 107 cm³/mol. The van der Waals surface area contributed by atoms with Gasteiger partial charge in [0.05, 0.1) is 0 Å². The van der Waals surface area contributed by atoms with Crippen LogP contribution in [0.3, 0.4) is 0 Å². The van der Waals surface area contributed by atoms with Gasteiger partial charge in [-0.1, -0.05) is 35.9 Å². The van der Waals surface area contributed by atoms with Gasteiger partial charge in [0.1, 0.15) is 24.0 Å². The lowest BCUT2D eigenvalue weighted by atomic mass is 10.1. The predicted octanol–water partition coefficient (Wildman–Crippen LogP) is 4.44. The number of hydrogen-bond donors (Lipinski definition) is 2. The molecule has 28 heavy (non-hydrogen) atoms. The summed E-state index contributed by atoms with van der Waals surface area (Å²) in [5, 5.41) is 12.4. The normalized spacial score (nSPS) is 12.1. The lowest BCUT2D eigenvalue weighted by Crippen LogP contribution is -2.44. The smallest absolute Gasteiger partial charge is 0.408 e. The van der Waals surface area contributed by atoms with E-state index in [2.05, 4.69) is 5.32 Å². The Balaban J connectivity index is 1.92. The van der Waals surface area contributed by atoms with Gasteiger partial charge in [-0.15, -0.1) is 0 Å². The zero-order valence-corrected chi connectivity index (χ0v) is 16.8. The third kappa shape index (κ3) is 7.48. The summed E-state index contributed by atoms with van der Waals surface area (Å²) in [5.74, 6) is -0.473. The van der Waals surface area contributed by atoms with Crippen LogP contribution in [0.1, 0.15) is 31.9 Å². The number of aliphatic carboxylic acids is 1. The minimum Gasteiger partial charge on any atom is -0.489 e. The van der Waals surface area contributed by atoms with Crippen molar-refractivity contribution < 1.29 is 24.2 Å². The summed E-state index contributed by atoms with van der Waals surface area (Å²) in [4.78, 5) is 23.3. The fraction of sp³-hybridized carbons (Fsp3) is 0.333. The summed E-state index contributed by atoms with van der Waals surface area (Å²) in [7, 11) is 0. The molecule has 150 valence electrons. The van der Waals surface area contributed by atoms with Crippen molar-refractivity contribution in [3.05, 3.63) is 64.7 Å². The Morgan fingerprint density at radius 1 is 1.04 bits per heavy atom. The Morgan fingerprint density at radius 3 is 2.14 bits per heavy atom. The van der Waals surface area contributed by atoms with E-state index in [1.807, 2.05) is 12.1 Å². The van der Waals surface area contributed by atoms with E-state index in [4.69, 9.17) is 21.1 Å². The maximum atomic E-state index is 11.8. The number of carboxylic acids is 1. The Kier molecular flexibility index (Phi) is 7.29. The minimum atomic E-state index is -1.13. The van der Waals surface area contributed by atoms with E-state index >= 15 is 0 Å². The van der Waals surface area contributed by atoms with E-state index in [9.17, 15) is 14.7 Å². The van der Waals surface area contributed by atoms with Gasteiger partial charge < -0.3 is 19.9 Å². The molecule has 0 heterocycles. The van der Waals surface area contributed by atoms with E-state index in [0.29, 0.717) is 17.4 Å². The first-order valence-corrected chi connectivity index (χ1v) is 9.19. The molecule has 2 N–H and O–H groups in total. The third-order valence-corrected chi connectivity index (χ3v) is 3.92. The molecular weight excluding hydrogens is 382 g/mol. The van der Waals surface area contributed by atoms with Crippen LogP contribution >= 0.6 is 11.6 Å². The number of halogens is 1. The summed E-state index contributed by atoms with van der Waals surface area (Å²) in [5.41, 5.74) is 1.04. The van der Waals surface area contributed by atoms with Crippen LogP contribution in [0, 0.1) is 0 Å². The molecule has 0 radical (unpaired) electrons.